The van der Waals surface area contributed by atoms with Crippen LogP contribution in [0.3, 0.4) is 0 Å². The van der Waals surface area contributed by atoms with Crippen LogP contribution in [0.25, 0.3) is 0 Å². The van der Waals surface area contributed by atoms with Crippen LogP contribution in [0.15, 0.2) is 47.3 Å². The highest BCUT2D eigenvalue weighted by Crippen LogP contribution is 2.19. The zero-order valence-corrected chi connectivity index (χ0v) is 18.7. The van der Waals surface area contributed by atoms with Crippen molar-refractivity contribution in [2.45, 2.75) is 90.1 Å². The molecule has 0 heterocycles. The summed E-state index contributed by atoms with van der Waals surface area (Å²) in [6.07, 6.45) is 18.2. The van der Waals surface area contributed by atoms with E-state index in [1.165, 1.54) is 38.8 Å². The molecular formula is C25H35N2O4-. The molecule has 0 bridgehead atoms. The summed E-state index contributed by atoms with van der Waals surface area (Å²) in [6.45, 7) is 2.74. The molecule has 0 atom stereocenters. The molecular weight excluding hydrogens is 392 g/mol. The number of carbonyl (C=O) groups is 3. The maximum Gasteiger partial charge on any atom is 0.255 e. The Kier molecular flexibility index (Phi) is 10.3. The number of nitrogens with one attached hydrogen (secondary N) is 2. The Hall–Kier alpha value is -2.63. The van der Waals surface area contributed by atoms with Crippen molar-refractivity contribution in [3.8, 4) is 0 Å². The van der Waals surface area contributed by atoms with Crippen LogP contribution >= 0.6 is 0 Å². The van der Waals surface area contributed by atoms with E-state index in [4.69, 9.17) is 0 Å². The van der Waals surface area contributed by atoms with Gasteiger partial charge in [-0.1, -0.05) is 69.8 Å². The first kappa shape index (κ1) is 24.6. The number of Topliss-reactive ketones (excluding diaryl/α,β-unsaturated/α-hetero) is 1. The van der Waals surface area contributed by atoms with Gasteiger partial charge in [0.2, 0.25) is 0 Å². The van der Waals surface area contributed by atoms with Crippen LogP contribution in [0.2, 0.25) is 0 Å². The minimum atomic E-state index is -0.351. The van der Waals surface area contributed by atoms with Gasteiger partial charge < -0.3 is 15.7 Å². The van der Waals surface area contributed by atoms with Crippen molar-refractivity contribution in [3.05, 3.63) is 47.3 Å². The first-order chi connectivity index (χ1) is 14.9. The molecule has 2 saturated carbocycles. The quantitative estimate of drug-likeness (QED) is 0.204. The van der Waals surface area contributed by atoms with Gasteiger partial charge in [-0.25, -0.2) is 0 Å². The van der Waals surface area contributed by atoms with Gasteiger partial charge in [-0.2, -0.15) is 0 Å². The third-order valence-electron chi connectivity index (χ3n) is 5.88. The van der Waals surface area contributed by atoms with Crippen LogP contribution in [0.4, 0.5) is 0 Å². The molecule has 170 valence electrons. The Balaban J connectivity index is 1.96. The Morgan fingerprint density at radius 3 is 1.74 bits per heavy atom. The van der Waals surface area contributed by atoms with Crippen LogP contribution in [0.5, 0.6) is 0 Å². The lowest BCUT2D eigenvalue weighted by Crippen LogP contribution is -2.38. The summed E-state index contributed by atoms with van der Waals surface area (Å²) in [5.74, 6) is -1.30. The van der Waals surface area contributed by atoms with Gasteiger partial charge in [0.1, 0.15) is 0 Å². The van der Waals surface area contributed by atoms with Crippen LogP contribution < -0.4 is 15.7 Å². The van der Waals surface area contributed by atoms with Gasteiger partial charge >= 0.3 is 0 Å². The number of hydrogen-bond donors (Lipinski definition) is 2. The van der Waals surface area contributed by atoms with Gasteiger partial charge in [-0.3, -0.25) is 14.4 Å². The van der Waals surface area contributed by atoms with Gasteiger partial charge in [0.05, 0.1) is 5.57 Å². The van der Waals surface area contributed by atoms with E-state index in [9.17, 15) is 19.5 Å². The van der Waals surface area contributed by atoms with Gasteiger partial charge in [0.25, 0.3) is 11.8 Å². The molecule has 6 heteroatoms. The summed E-state index contributed by atoms with van der Waals surface area (Å²) >= 11 is 0. The van der Waals surface area contributed by atoms with Gasteiger partial charge in [-0.15, -0.1) is 5.76 Å². The highest BCUT2D eigenvalue weighted by atomic mass is 16.3. The average molecular weight is 428 g/mol. The molecule has 2 aliphatic rings. The second kappa shape index (κ2) is 12.9. The molecule has 0 unspecified atom stereocenters. The lowest BCUT2D eigenvalue weighted by atomic mass is 9.95. The fourth-order valence-electron chi connectivity index (χ4n) is 4.09. The van der Waals surface area contributed by atoms with Crippen LogP contribution in [-0.4, -0.2) is 29.7 Å². The molecule has 0 saturated heterocycles. The molecule has 31 heavy (non-hydrogen) atoms. The minimum absolute atomic E-state index is 0.0982. The molecule has 2 amide bonds. The second-order valence-corrected chi connectivity index (χ2v) is 8.47. The zero-order chi connectivity index (χ0) is 22.6. The standard InChI is InChI=1S/C25H36N2O4/c1-18(28)22(24(30)26-20-12-6-3-7-13-20)16-10-5-11-17-23(19(2)29)25(31)27-21-14-8-4-9-15-21/h5,10-11,16-17,20-21,28H,3-4,6-9,12-15H2,1-2H3,(H,26,30)(H,27,31)/p-1/b11-5?,16-10?,22-18+,23-17?. The summed E-state index contributed by atoms with van der Waals surface area (Å²) in [7, 11) is 0. The predicted molar refractivity (Wildman–Crippen MR) is 120 cm³/mol. The predicted octanol–water partition coefficient (Wildman–Crippen LogP) is 3.15. The molecule has 0 aromatic heterocycles. The molecule has 0 spiro atoms. The van der Waals surface area contributed by atoms with Crippen LogP contribution in [0.1, 0.15) is 78.1 Å². The summed E-state index contributed by atoms with van der Waals surface area (Å²) in [6, 6.07) is 0.256. The Bertz CT molecular complexity index is 760. The Morgan fingerprint density at radius 2 is 1.26 bits per heavy atom. The lowest BCUT2D eigenvalue weighted by Gasteiger charge is -2.24. The van der Waals surface area contributed by atoms with E-state index < -0.39 is 0 Å². The average Bonchev–Trinajstić information content (AvgIpc) is 2.73. The van der Waals surface area contributed by atoms with Crippen molar-refractivity contribution in [1.82, 2.24) is 10.6 Å². The largest absolute Gasteiger partial charge is 0.875 e. The fourth-order valence-corrected chi connectivity index (χ4v) is 4.09. The number of rotatable bonds is 8. The number of allylic oxidation sites excluding steroid dienone is 5. The minimum Gasteiger partial charge on any atom is -0.875 e. The van der Waals surface area contributed by atoms with Crippen molar-refractivity contribution in [2.75, 3.05) is 0 Å². The number of carbonyl (C=O) groups excluding carboxylic acids is 3. The molecule has 0 aromatic rings. The number of ketones is 1. The normalized spacial score (nSPS) is 20.0. The van der Waals surface area contributed by atoms with Crippen LogP contribution in [-0.2, 0) is 14.4 Å². The smallest absolute Gasteiger partial charge is 0.255 e. The zero-order valence-electron chi connectivity index (χ0n) is 18.7. The number of hydrogen-bond acceptors (Lipinski definition) is 4. The maximum atomic E-state index is 12.4. The van der Waals surface area contributed by atoms with E-state index in [0.717, 1.165) is 51.4 Å². The van der Waals surface area contributed by atoms with E-state index >= 15 is 0 Å². The van der Waals surface area contributed by atoms with Crippen LogP contribution in [0, 0.1) is 0 Å². The summed E-state index contributed by atoms with van der Waals surface area (Å²) in [4.78, 5) is 36.8. The first-order valence-electron chi connectivity index (χ1n) is 11.4. The summed E-state index contributed by atoms with van der Waals surface area (Å²) in [5.41, 5.74) is 0.196. The maximum absolute atomic E-state index is 12.4. The van der Waals surface area contributed by atoms with Gasteiger partial charge in [0.15, 0.2) is 5.78 Å². The molecule has 0 aliphatic heterocycles. The lowest BCUT2D eigenvalue weighted by molar-refractivity contribution is -0.302. The summed E-state index contributed by atoms with van der Waals surface area (Å²) < 4.78 is 0. The molecule has 0 radical (unpaired) electrons. The molecule has 2 rings (SSSR count). The molecule has 6 nitrogen and oxygen atoms in total. The monoisotopic (exact) mass is 427 g/mol. The van der Waals surface area contributed by atoms with E-state index in [0.29, 0.717) is 0 Å². The van der Waals surface area contributed by atoms with Crippen molar-refractivity contribution in [2.24, 2.45) is 0 Å². The highest BCUT2D eigenvalue weighted by molar-refractivity contribution is 6.18. The Morgan fingerprint density at radius 1 is 0.742 bits per heavy atom. The summed E-state index contributed by atoms with van der Waals surface area (Å²) in [5, 5.41) is 17.8. The van der Waals surface area contributed by atoms with Gasteiger partial charge in [0, 0.05) is 17.7 Å². The molecule has 2 fully saturated rings. The van der Waals surface area contributed by atoms with Crippen molar-refractivity contribution in [3.63, 3.8) is 0 Å². The SMILES string of the molecule is CC(=O)C(=CC=CC=C/C(C(=O)NC1CCCCC1)=C(/C)[O-])C(=O)NC1CCCCC1. The van der Waals surface area contributed by atoms with Gasteiger partial charge in [-0.05, 0) is 38.7 Å². The van der Waals surface area contributed by atoms with Crippen molar-refractivity contribution >= 4 is 17.6 Å². The van der Waals surface area contributed by atoms with Crippen molar-refractivity contribution in [1.29, 1.82) is 0 Å². The van der Waals surface area contributed by atoms with Crippen molar-refractivity contribution < 1.29 is 19.5 Å². The third-order valence-corrected chi connectivity index (χ3v) is 5.88. The number of amides is 2. The second-order valence-electron chi connectivity index (χ2n) is 8.47. The first-order valence-corrected chi connectivity index (χ1v) is 11.4. The molecule has 2 N–H and O–H groups in total. The topological polar surface area (TPSA) is 98.3 Å². The fraction of sp³-hybridized carbons (Fsp3) is 0.560. The highest BCUT2D eigenvalue weighted by Gasteiger charge is 2.20. The molecule has 2 aliphatic carbocycles. The third kappa shape index (κ3) is 8.56. The van der Waals surface area contributed by atoms with E-state index in [1.807, 2.05) is 0 Å². The molecule has 0 aromatic carbocycles. The van der Waals surface area contributed by atoms with E-state index in [-0.39, 0.29) is 46.6 Å². The van der Waals surface area contributed by atoms with E-state index in [1.54, 1.807) is 18.2 Å². The Labute approximate surface area is 185 Å². The van der Waals surface area contributed by atoms with E-state index in [2.05, 4.69) is 10.6 Å².